The predicted molar refractivity (Wildman–Crippen MR) is 114 cm³/mol. The molecule has 0 aliphatic heterocycles. The van der Waals surface area contributed by atoms with E-state index in [0.717, 1.165) is 5.56 Å². The predicted octanol–water partition coefficient (Wildman–Crippen LogP) is 4.03. The molecule has 0 spiro atoms. The van der Waals surface area contributed by atoms with Gasteiger partial charge in [-0.2, -0.15) is 0 Å². The van der Waals surface area contributed by atoms with E-state index in [1.807, 2.05) is 43.2 Å². The van der Waals surface area contributed by atoms with Crippen molar-refractivity contribution >= 4 is 18.4 Å². The number of hydrogen-bond acceptors (Lipinski definition) is 3. The highest BCUT2D eigenvalue weighted by Crippen LogP contribution is 2.23. The Balaban J connectivity index is 1.90. The van der Waals surface area contributed by atoms with Gasteiger partial charge in [-0.15, -0.1) is 0 Å². The molecule has 0 saturated carbocycles. The lowest BCUT2D eigenvalue weighted by molar-refractivity contribution is 1.31. The minimum atomic E-state index is -2.01. The molecule has 4 aromatic rings. The van der Waals surface area contributed by atoms with Crippen molar-refractivity contribution in [2.45, 2.75) is 13.1 Å². The summed E-state index contributed by atoms with van der Waals surface area (Å²) in [6.45, 7) is 4.80. The van der Waals surface area contributed by atoms with Crippen LogP contribution in [0.2, 0.25) is 13.1 Å². The van der Waals surface area contributed by atoms with Crippen molar-refractivity contribution in [3.8, 4) is 22.3 Å². The maximum absolute atomic E-state index is 4.41. The van der Waals surface area contributed by atoms with E-state index in [4.69, 9.17) is 0 Å². The fourth-order valence-corrected chi connectivity index (χ4v) is 6.67. The van der Waals surface area contributed by atoms with Crippen molar-refractivity contribution in [2.24, 2.45) is 0 Å². The molecule has 27 heavy (non-hydrogen) atoms. The molecule has 0 amide bonds. The summed E-state index contributed by atoms with van der Waals surface area (Å²) in [5.41, 5.74) is 4.77. The third-order valence-corrected chi connectivity index (χ3v) is 8.63. The fraction of sp³-hybridized carbons (Fsp3) is 0.0870. The third-order valence-electron chi connectivity index (χ3n) is 5.06. The van der Waals surface area contributed by atoms with E-state index in [1.54, 1.807) is 0 Å². The molecule has 3 heterocycles. The van der Waals surface area contributed by atoms with Crippen LogP contribution in [0.5, 0.6) is 0 Å². The maximum atomic E-state index is 4.41. The van der Waals surface area contributed by atoms with E-state index < -0.39 is 8.07 Å². The van der Waals surface area contributed by atoms with Crippen molar-refractivity contribution < 1.29 is 0 Å². The molecule has 0 bridgehead atoms. The molecule has 1 aromatic carbocycles. The molecule has 3 aromatic heterocycles. The monoisotopic (exact) mass is 367 g/mol. The average Bonchev–Trinajstić information content (AvgIpc) is 2.75. The normalized spacial score (nSPS) is 11.3. The number of nitrogens with zero attached hydrogens (tertiary/aromatic N) is 3. The quantitative estimate of drug-likeness (QED) is 0.511. The summed E-state index contributed by atoms with van der Waals surface area (Å²) in [4.78, 5) is 13.0. The van der Waals surface area contributed by atoms with Crippen LogP contribution in [-0.2, 0) is 0 Å². The molecule has 132 valence electrons. The first kappa shape index (κ1) is 17.3. The van der Waals surface area contributed by atoms with Crippen molar-refractivity contribution in [3.05, 3.63) is 91.8 Å². The number of rotatable bonds is 4. The molecule has 4 heteroatoms. The molecular weight excluding hydrogens is 346 g/mol. The van der Waals surface area contributed by atoms with Gasteiger partial charge >= 0.3 is 0 Å². The zero-order chi connectivity index (χ0) is 18.7. The lowest BCUT2D eigenvalue weighted by Crippen LogP contribution is -2.54. The van der Waals surface area contributed by atoms with Crippen LogP contribution >= 0.6 is 0 Å². The number of hydrogen-bond donors (Lipinski definition) is 0. The number of pyridine rings is 3. The molecule has 0 unspecified atom stereocenters. The molecule has 0 fully saturated rings. The molecule has 0 aliphatic rings. The lowest BCUT2D eigenvalue weighted by atomic mass is 10.1. The SMILES string of the molecule is C[Si](C)(c1ccncc1-c1ccccc1)c1ccncc1-c1ccncc1. The Labute approximate surface area is 160 Å². The van der Waals surface area contributed by atoms with Crippen molar-refractivity contribution in [1.82, 2.24) is 15.0 Å². The second-order valence-electron chi connectivity index (χ2n) is 7.07. The molecule has 0 aliphatic carbocycles. The van der Waals surface area contributed by atoms with E-state index in [-0.39, 0.29) is 0 Å². The van der Waals surface area contributed by atoms with Crippen LogP contribution in [0, 0.1) is 0 Å². The Bertz CT molecular complexity index is 962. The molecule has 0 saturated heterocycles. The van der Waals surface area contributed by atoms with Crippen molar-refractivity contribution in [3.63, 3.8) is 0 Å². The van der Waals surface area contributed by atoms with E-state index in [0.29, 0.717) is 0 Å². The van der Waals surface area contributed by atoms with Gasteiger partial charge in [0.05, 0.1) is 0 Å². The van der Waals surface area contributed by atoms with E-state index in [1.165, 1.54) is 27.1 Å². The van der Waals surface area contributed by atoms with Gasteiger partial charge in [0.1, 0.15) is 8.07 Å². The highest BCUT2D eigenvalue weighted by Gasteiger charge is 2.31. The molecule has 4 rings (SSSR count). The third kappa shape index (κ3) is 3.31. The first-order valence-corrected chi connectivity index (χ1v) is 12.0. The van der Waals surface area contributed by atoms with Gasteiger partial charge in [0, 0.05) is 37.2 Å². The minimum absolute atomic E-state index is 1.16. The zero-order valence-corrected chi connectivity index (χ0v) is 16.5. The van der Waals surface area contributed by atoms with Gasteiger partial charge in [-0.05, 0) is 56.9 Å². The Morgan fingerprint density at radius 1 is 0.556 bits per heavy atom. The summed E-state index contributed by atoms with van der Waals surface area (Å²) in [5, 5.41) is 2.75. The maximum Gasteiger partial charge on any atom is 0.114 e. The van der Waals surface area contributed by atoms with Gasteiger partial charge < -0.3 is 0 Å². The summed E-state index contributed by atoms with van der Waals surface area (Å²) in [7, 11) is -2.01. The molecular formula is C23H21N3Si. The smallest absolute Gasteiger partial charge is 0.114 e. The zero-order valence-electron chi connectivity index (χ0n) is 15.5. The second-order valence-corrected chi connectivity index (χ2v) is 11.4. The highest BCUT2D eigenvalue weighted by atomic mass is 28.3. The Kier molecular flexibility index (Phi) is 4.65. The van der Waals surface area contributed by atoms with Crippen LogP contribution in [0.15, 0.2) is 91.8 Å². The van der Waals surface area contributed by atoms with Crippen LogP contribution in [0.4, 0.5) is 0 Å². The number of aromatic nitrogens is 3. The summed E-state index contributed by atoms with van der Waals surface area (Å²) in [6, 6.07) is 19.0. The van der Waals surface area contributed by atoms with Crippen LogP contribution in [0.25, 0.3) is 22.3 Å². The molecule has 0 radical (unpaired) electrons. The summed E-state index contributed by atoms with van der Waals surface area (Å²) in [5.74, 6) is 0. The molecule has 0 N–H and O–H groups in total. The van der Waals surface area contributed by atoms with Crippen LogP contribution in [0.1, 0.15) is 0 Å². The molecule has 3 nitrogen and oxygen atoms in total. The first-order valence-electron chi connectivity index (χ1n) is 9.03. The Hall–Kier alpha value is -3.11. The van der Waals surface area contributed by atoms with Crippen LogP contribution in [-0.4, -0.2) is 23.0 Å². The standard InChI is InChI=1S/C23H21N3Si/c1-27(2,22-10-14-25-16-20(22)18-6-4-3-5-7-18)23-11-15-26-17-21(23)19-8-12-24-13-9-19/h3-17H,1-2H3. The van der Waals surface area contributed by atoms with Gasteiger partial charge in [0.25, 0.3) is 0 Å². The fourth-order valence-electron chi connectivity index (χ4n) is 3.63. The van der Waals surface area contributed by atoms with Crippen LogP contribution in [0.3, 0.4) is 0 Å². The first-order chi connectivity index (χ1) is 13.2. The summed E-state index contributed by atoms with van der Waals surface area (Å²) < 4.78 is 0. The van der Waals surface area contributed by atoms with Crippen molar-refractivity contribution in [2.75, 3.05) is 0 Å². The van der Waals surface area contributed by atoms with Crippen LogP contribution < -0.4 is 10.4 Å². The summed E-state index contributed by atoms with van der Waals surface area (Å²) >= 11 is 0. The minimum Gasteiger partial charge on any atom is -0.265 e. The summed E-state index contributed by atoms with van der Waals surface area (Å²) in [6.07, 6.45) is 11.4. The lowest BCUT2D eigenvalue weighted by Gasteiger charge is -2.28. The average molecular weight is 368 g/mol. The van der Waals surface area contributed by atoms with E-state index in [9.17, 15) is 0 Å². The highest BCUT2D eigenvalue weighted by molar-refractivity contribution is 7.01. The molecule has 0 atom stereocenters. The Morgan fingerprint density at radius 3 is 1.59 bits per heavy atom. The van der Waals surface area contributed by atoms with Gasteiger partial charge in [0.2, 0.25) is 0 Å². The van der Waals surface area contributed by atoms with Gasteiger partial charge in [-0.1, -0.05) is 43.4 Å². The Morgan fingerprint density at radius 2 is 1.04 bits per heavy atom. The van der Waals surface area contributed by atoms with Gasteiger partial charge in [-0.3, -0.25) is 15.0 Å². The second kappa shape index (κ2) is 7.25. The van der Waals surface area contributed by atoms with Gasteiger partial charge in [-0.25, -0.2) is 0 Å². The largest absolute Gasteiger partial charge is 0.265 e. The topological polar surface area (TPSA) is 38.7 Å². The van der Waals surface area contributed by atoms with E-state index in [2.05, 4.69) is 76.6 Å². The van der Waals surface area contributed by atoms with E-state index >= 15 is 0 Å². The number of benzene rings is 1. The van der Waals surface area contributed by atoms with Gasteiger partial charge in [0.15, 0.2) is 0 Å². The van der Waals surface area contributed by atoms with Crippen molar-refractivity contribution in [1.29, 1.82) is 0 Å².